The Balaban J connectivity index is 2.17. The summed E-state index contributed by atoms with van der Waals surface area (Å²) in [6.07, 6.45) is 1.01. The van der Waals surface area contributed by atoms with Gasteiger partial charge in [-0.25, -0.2) is 0 Å². The average Bonchev–Trinajstić information content (AvgIpc) is 2.48. The molecule has 0 fully saturated rings. The van der Waals surface area contributed by atoms with Crippen molar-refractivity contribution < 1.29 is 0 Å². The van der Waals surface area contributed by atoms with Crippen LogP contribution in [0, 0.1) is 13.8 Å². The third kappa shape index (κ3) is 3.84. The molecule has 0 heterocycles. The van der Waals surface area contributed by atoms with Crippen molar-refractivity contribution in [3.8, 4) is 0 Å². The van der Waals surface area contributed by atoms with Crippen LogP contribution in [0.15, 0.2) is 48.5 Å². The summed E-state index contributed by atoms with van der Waals surface area (Å²) < 4.78 is 0. The summed E-state index contributed by atoms with van der Waals surface area (Å²) in [5.74, 6) is 0. The summed E-state index contributed by atoms with van der Waals surface area (Å²) in [6, 6.07) is 17.3. The van der Waals surface area contributed by atoms with Crippen LogP contribution in [0.25, 0.3) is 0 Å². The van der Waals surface area contributed by atoms with Crippen LogP contribution >= 0.6 is 0 Å². The molecule has 0 aliphatic rings. The third-order valence-corrected chi connectivity index (χ3v) is 3.70. The molecular formula is C18H24N2. The summed E-state index contributed by atoms with van der Waals surface area (Å²) in [6.45, 7) is 6.99. The lowest BCUT2D eigenvalue weighted by Crippen LogP contribution is -2.25. The third-order valence-electron chi connectivity index (χ3n) is 3.70. The summed E-state index contributed by atoms with van der Waals surface area (Å²) in [5.41, 5.74) is 11.0. The van der Waals surface area contributed by atoms with E-state index in [1.165, 1.54) is 22.4 Å². The number of nitrogens with zero attached hydrogens (tertiary/aromatic N) is 1. The van der Waals surface area contributed by atoms with Crippen molar-refractivity contribution in [3.05, 3.63) is 65.2 Å². The molecule has 2 aromatic rings. The maximum Gasteiger partial charge on any atom is 0.0429 e. The van der Waals surface area contributed by atoms with E-state index >= 15 is 0 Å². The molecule has 0 bridgehead atoms. The minimum absolute atomic E-state index is 0.732. The normalized spacial score (nSPS) is 10.6. The first-order valence-electron chi connectivity index (χ1n) is 7.27. The number of benzene rings is 2. The number of rotatable bonds is 6. The highest BCUT2D eigenvalue weighted by Gasteiger charge is 2.07. The van der Waals surface area contributed by atoms with Crippen molar-refractivity contribution in [2.75, 3.05) is 18.0 Å². The van der Waals surface area contributed by atoms with Crippen LogP contribution < -0.4 is 10.6 Å². The van der Waals surface area contributed by atoms with Gasteiger partial charge in [0.25, 0.3) is 0 Å². The number of hydrogen-bond acceptors (Lipinski definition) is 2. The number of nitrogens with two attached hydrogens (primary N) is 1. The molecule has 0 atom stereocenters. The van der Waals surface area contributed by atoms with Gasteiger partial charge in [0.05, 0.1) is 0 Å². The molecule has 2 aromatic carbocycles. The zero-order valence-electron chi connectivity index (χ0n) is 12.5. The first-order valence-corrected chi connectivity index (χ1v) is 7.27. The molecule has 0 aliphatic heterocycles. The monoisotopic (exact) mass is 268 g/mol. The quantitative estimate of drug-likeness (QED) is 0.866. The predicted octanol–water partition coefficient (Wildman–Crippen LogP) is 3.66. The number of para-hydroxylation sites is 1. The average molecular weight is 268 g/mol. The maximum atomic E-state index is 5.67. The number of anilines is 1. The Morgan fingerprint density at radius 3 is 2.35 bits per heavy atom. The van der Waals surface area contributed by atoms with Crippen molar-refractivity contribution >= 4 is 5.69 Å². The van der Waals surface area contributed by atoms with E-state index in [1.54, 1.807) is 0 Å². The van der Waals surface area contributed by atoms with Crippen LogP contribution in [-0.4, -0.2) is 13.1 Å². The van der Waals surface area contributed by atoms with E-state index in [4.69, 9.17) is 5.73 Å². The minimum Gasteiger partial charge on any atom is -0.367 e. The second-order valence-corrected chi connectivity index (χ2v) is 5.32. The molecule has 2 heteroatoms. The highest BCUT2D eigenvalue weighted by Crippen LogP contribution is 2.18. The fraction of sp³-hybridized carbons (Fsp3) is 0.333. The van der Waals surface area contributed by atoms with Crippen molar-refractivity contribution in [1.82, 2.24) is 0 Å². The summed E-state index contributed by atoms with van der Waals surface area (Å²) >= 11 is 0. The predicted molar refractivity (Wildman–Crippen MR) is 87.1 cm³/mol. The zero-order chi connectivity index (χ0) is 14.4. The van der Waals surface area contributed by atoms with Crippen LogP contribution in [-0.2, 0) is 6.54 Å². The first-order chi connectivity index (χ1) is 9.70. The smallest absolute Gasteiger partial charge is 0.0429 e. The van der Waals surface area contributed by atoms with Gasteiger partial charge in [-0.1, -0.05) is 36.4 Å². The lowest BCUT2D eigenvalue weighted by atomic mass is 10.1. The van der Waals surface area contributed by atoms with Crippen LogP contribution in [0.4, 0.5) is 5.69 Å². The Labute approximate surface area is 122 Å². The molecule has 0 radical (unpaired) electrons. The van der Waals surface area contributed by atoms with Crippen molar-refractivity contribution in [1.29, 1.82) is 0 Å². The minimum atomic E-state index is 0.732. The topological polar surface area (TPSA) is 29.3 Å². The van der Waals surface area contributed by atoms with Gasteiger partial charge < -0.3 is 10.6 Å². The zero-order valence-corrected chi connectivity index (χ0v) is 12.5. The molecule has 2 N–H and O–H groups in total. The van der Waals surface area contributed by atoms with Crippen LogP contribution in [0.3, 0.4) is 0 Å². The number of aryl methyl sites for hydroxylation is 2. The van der Waals surface area contributed by atoms with E-state index in [0.29, 0.717) is 0 Å². The lowest BCUT2D eigenvalue weighted by Gasteiger charge is -2.25. The van der Waals surface area contributed by atoms with E-state index in [0.717, 1.165) is 26.1 Å². The number of hydrogen-bond donors (Lipinski definition) is 1. The highest BCUT2D eigenvalue weighted by molar-refractivity contribution is 5.47. The summed E-state index contributed by atoms with van der Waals surface area (Å²) in [7, 11) is 0. The van der Waals surface area contributed by atoms with Gasteiger partial charge >= 0.3 is 0 Å². The fourth-order valence-electron chi connectivity index (χ4n) is 2.34. The molecule has 0 saturated heterocycles. The Morgan fingerprint density at radius 2 is 1.70 bits per heavy atom. The second kappa shape index (κ2) is 7.11. The molecule has 2 rings (SSSR count). The van der Waals surface area contributed by atoms with E-state index in [2.05, 4.69) is 67.3 Å². The van der Waals surface area contributed by atoms with E-state index in [-0.39, 0.29) is 0 Å². The molecule has 0 aromatic heterocycles. The van der Waals surface area contributed by atoms with Gasteiger partial charge in [-0.15, -0.1) is 0 Å². The molecule has 0 aliphatic carbocycles. The molecule has 0 amide bonds. The maximum absolute atomic E-state index is 5.67. The van der Waals surface area contributed by atoms with Crippen LogP contribution in [0.5, 0.6) is 0 Å². The first kappa shape index (κ1) is 14.6. The van der Waals surface area contributed by atoms with Gasteiger partial charge in [0.2, 0.25) is 0 Å². The molecule has 0 unspecified atom stereocenters. The summed E-state index contributed by atoms with van der Waals surface area (Å²) in [4.78, 5) is 2.40. The Morgan fingerprint density at radius 1 is 0.950 bits per heavy atom. The van der Waals surface area contributed by atoms with E-state index in [9.17, 15) is 0 Å². The molecule has 106 valence electrons. The Hall–Kier alpha value is -1.80. The Bertz CT molecular complexity index is 534. The summed E-state index contributed by atoms with van der Waals surface area (Å²) in [5, 5.41) is 0. The van der Waals surface area contributed by atoms with Gasteiger partial charge in [-0.05, 0) is 55.6 Å². The van der Waals surface area contributed by atoms with Crippen LogP contribution in [0.2, 0.25) is 0 Å². The SMILES string of the molecule is Cc1ccc(CN(CCCN)c2ccccc2)cc1C. The molecular weight excluding hydrogens is 244 g/mol. The second-order valence-electron chi connectivity index (χ2n) is 5.32. The van der Waals surface area contributed by atoms with Crippen molar-refractivity contribution in [2.45, 2.75) is 26.8 Å². The van der Waals surface area contributed by atoms with Crippen molar-refractivity contribution in [3.63, 3.8) is 0 Å². The van der Waals surface area contributed by atoms with Gasteiger partial charge in [-0.3, -0.25) is 0 Å². The van der Waals surface area contributed by atoms with Gasteiger partial charge in [-0.2, -0.15) is 0 Å². The van der Waals surface area contributed by atoms with Gasteiger partial charge in [0, 0.05) is 18.8 Å². The molecule has 2 nitrogen and oxygen atoms in total. The van der Waals surface area contributed by atoms with E-state index < -0.39 is 0 Å². The van der Waals surface area contributed by atoms with Crippen molar-refractivity contribution in [2.24, 2.45) is 5.73 Å². The molecule has 0 saturated carbocycles. The molecule has 0 spiro atoms. The highest BCUT2D eigenvalue weighted by atomic mass is 15.1. The fourth-order valence-corrected chi connectivity index (χ4v) is 2.34. The van der Waals surface area contributed by atoms with Crippen LogP contribution in [0.1, 0.15) is 23.1 Å². The van der Waals surface area contributed by atoms with Gasteiger partial charge in [0.15, 0.2) is 0 Å². The lowest BCUT2D eigenvalue weighted by molar-refractivity contribution is 0.735. The molecule has 20 heavy (non-hydrogen) atoms. The standard InChI is InChI=1S/C18H24N2/c1-15-9-10-17(13-16(15)2)14-20(12-6-11-19)18-7-4-3-5-8-18/h3-5,7-10,13H,6,11-12,14,19H2,1-2H3. The largest absolute Gasteiger partial charge is 0.367 e. The van der Waals surface area contributed by atoms with Gasteiger partial charge in [0.1, 0.15) is 0 Å². The Kier molecular flexibility index (Phi) is 5.19. The van der Waals surface area contributed by atoms with E-state index in [1.807, 2.05) is 0 Å².